The molecule has 0 aliphatic heterocycles. The zero-order valence-electron chi connectivity index (χ0n) is 14.2. The lowest BCUT2D eigenvalue weighted by Crippen LogP contribution is -2.34. The Labute approximate surface area is 151 Å². The maximum Gasteiger partial charge on any atom is 0.344 e. The molecule has 0 spiro atoms. The van der Waals surface area contributed by atoms with Crippen molar-refractivity contribution in [3.8, 4) is 5.75 Å². The molecule has 0 heterocycles. The molecule has 1 N–H and O–H groups in total. The third-order valence-corrected chi connectivity index (χ3v) is 4.24. The average molecular weight is 357 g/mol. The zero-order valence-corrected chi connectivity index (χ0v) is 14.2. The van der Waals surface area contributed by atoms with Crippen LogP contribution in [0.3, 0.4) is 0 Å². The number of nitrogens with one attached hydrogen (secondary N) is 1. The molecule has 0 fully saturated rings. The molecular weight excluding hydrogens is 337 g/mol. The SMILES string of the molecule is O=C(COC(=O)COc1ccc(F)cc1)N[C@@H]1CCCc2ccccc21. The molecule has 26 heavy (non-hydrogen) atoms. The van der Waals surface area contributed by atoms with E-state index in [4.69, 9.17) is 9.47 Å². The Morgan fingerprint density at radius 1 is 1.08 bits per heavy atom. The van der Waals surface area contributed by atoms with Gasteiger partial charge in [-0.1, -0.05) is 24.3 Å². The van der Waals surface area contributed by atoms with Gasteiger partial charge in [0.05, 0.1) is 6.04 Å². The average Bonchev–Trinajstić information content (AvgIpc) is 2.66. The molecule has 0 saturated heterocycles. The number of carbonyl (C=O) groups excluding carboxylic acids is 2. The van der Waals surface area contributed by atoms with Crippen molar-refractivity contribution in [3.63, 3.8) is 0 Å². The summed E-state index contributed by atoms with van der Waals surface area (Å²) in [7, 11) is 0. The number of rotatable bonds is 6. The lowest BCUT2D eigenvalue weighted by Gasteiger charge is -2.26. The largest absolute Gasteiger partial charge is 0.482 e. The van der Waals surface area contributed by atoms with E-state index in [1.165, 1.54) is 29.8 Å². The third-order valence-electron chi connectivity index (χ3n) is 4.24. The van der Waals surface area contributed by atoms with Gasteiger partial charge in [-0.3, -0.25) is 4.79 Å². The number of halogens is 1. The van der Waals surface area contributed by atoms with E-state index in [1.54, 1.807) is 0 Å². The van der Waals surface area contributed by atoms with Crippen LogP contribution in [0.4, 0.5) is 4.39 Å². The maximum atomic E-state index is 12.8. The van der Waals surface area contributed by atoms with Crippen molar-refractivity contribution in [2.45, 2.75) is 25.3 Å². The molecule has 0 unspecified atom stereocenters. The van der Waals surface area contributed by atoms with Crippen LogP contribution in [0.15, 0.2) is 48.5 Å². The van der Waals surface area contributed by atoms with Crippen LogP contribution in [0.1, 0.15) is 30.0 Å². The quantitative estimate of drug-likeness (QED) is 0.808. The predicted molar refractivity (Wildman–Crippen MR) is 93.1 cm³/mol. The second-order valence-corrected chi connectivity index (χ2v) is 6.11. The van der Waals surface area contributed by atoms with E-state index in [2.05, 4.69) is 11.4 Å². The van der Waals surface area contributed by atoms with E-state index < -0.39 is 5.97 Å². The van der Waals surface area contributed by atoms with Gasteiger partial charge in [0.1, 0.15) is 11.6 Å². The van der Waals surface area contributed by atoms with Gasteiger partial charge in [-0.25, -0.2) is 9.18 Å². The summed E-state index contributed by atoms with van der Waals surface area (Å²) >= 11 is 0. The molecule has 0 bridgehead atoms. The van der Waals surface area contributed by atoms with Crippen LogP contribution in [-0.2, 0) is 20.7 Å². The van der Waals surface area contributed by atoms with E-state index in [1.807, 2.05) is 18.2 Å². The molecular formula is C20H20FNO4. The van der Waals surface area contributed by atoms with Gasteiger partial charge in [0, 0.05) is 0 Å². The molecule has 1 amide bonds. The molecule has 2 aromatic rings. The van der Waals surface area contributed by atoms with Gasteiger partial charge in [0.2, 0.25) is 0 Å². The Morgan fingerprint density at radius 3 is 2.65 bits per heavy atom. The number of esters is 1. The number of ether oxygens (including phenoxy) is 2. The van der Waals surface area contributed by atoms with Crippen molar-refractivity contribution < 1.29 is 23.5 Å². The fourth-order valence-electron chi connectivity index (χ4n) is 3.00. The standard InChI is InChI=1S/C20H20FNO4/c21-15-8-10-16(11-9-15)25-13-20(24)26-12-19(23)22-18-7-3-5-14-4-1-2-6-17(14)18/h1-2,4,6,8-11,18H,3,5,7,12-13H2,(H,22,23)/t18-/m1/s1. The van der Waals surface area contributed by atoms with Crippen LogP contribution >= 0.6 is 0 Å². The van der Waals surface area contributed by atoms with Gasteiger partial charge in [-0.2, -0.15) is 0 Å². The Balaban J connectivity index is 1.43. The molecule has 3 rings (SSSR count). The molecule has 1 aliphatic rings. The minimum Gasteiger partial charge on any atom is -0.482 e. The fourth-order valence-corrected chi connectivity index (χ4v) is 3.00. The van der Waals surface area contributed by atoms with E-state index >= 15 is 0 Å². The van der Waals surface area contributed by atoms with Crippen LogP contribution in [-0.4, -0.2) is 25.1 Å². The van der Waals surface area contributed by atoms with Crippen molar-refractivity contribution in [1.82, 2.24) is 5.32 Å². The summed E-state index contributed by atoms with van der Waals surface area (Å²) < 4.78 is 22.9. The Morgan fingerprint density at radius 2 is 1.85 bits per heavy atom. The smallest absolute Gasteiger partial charge is 0.344 e. The van der Waals surface area contributed by atoms with Crippen LogP contribution in [0.2, 0.25) is 0 Å². The fraction of sp³-hybridized carbons (Fsp3) is 0.300. The molecule has 136 valence electrons. The number of benzene rings is 2. The highest BCUT2D eigenvalue weighted by atomic mass is 19.1. The molecule has 0 saturated carbocycles. The van der Waals surface area contributed by atoms with Gasteiger partial charge >= 0.3 is 5.97 Å². The zero-order chi connectivity index (χ0) is 18.4. The first kappa shape index (κ1) is 17.9. The van der Waals surface area contributed by atoms with Crippen LogP contribution < -0.4 is 10.1 Å². The van der Waals surface area contributed by atoms with E-state index in [-0.39, 0.29) is 31.0 Å². The van der Waals surface area contributed by atoms with Crippen molar-refractivity contribution >= 4 is 11.9 Å². The second-order valence-electron chi connectivity index (χ2n) is 6.11. The highest BCUT2D eigenvalue weighted by molar-refractivity contribution is 5.81. The van der Waals surface area contributed by atoms with Gasteiger partial charge in [-0.05, 0) is 54.7 Å². The monoisotopic (exact) mass is 357 g/mol. The summed E-state index contributed by atoms with van der Waals surface area (Å²) in [5.74, 6) is -1.04. The summed E-state index contributed by atoms with van der Waals surface area (Å²) in [6, 6.07) is 13.3. The molecule has 0 radical (unpaired) electrons. The Kier molecular flexibility index (Phi) is 5.84. The number of amides is 1. The van der Waals surface area contributed by atoms with Crippen molar-refractivity contribution in [2.24, 2.45) is 0 Å². The minimum absolute atomic E-state index is 0.0541. The lowest BCUT2D eigenvalue weighted by atomic mass is 9.88. The normalized spacial score (nSPS) is 15.7. The van der Waals surface area contributed by atoms with Gasteiger partial charge < -0.3 is 14.8 Å². The predicted octanol–water partition coefficient (Wildman–Crippen LogP) is 2.94. The second kappa shape index (κ2) is 8.47. The van der Waals surface area contributed by atoms with Crippen LogP contribution in [0, 0.1) is 5.82 Å². The lowest BCUT2D eigenvalue weighted by molar-refractivity contribution is -0.150. The number of carbonyl (C=O) groups is 2. The van der Waals surface area contributed by atoms with Gasteiger partial charge in [0.25, 0.3) is 5.91 Å². The highest BCUT2D eigenvalue weighted by Crippen LogP contribution is 2.29. The topological polar surface area (TPSA) is 64.6 Å². The third kappa shape index (κ3) is 4.81. The Hall–Kier alpha value is -2.89. The first-order chi connectivity index (χ1) is 12.6. The maximum absolute atomic E-state index is 12.8. The summed E-state index contributed by atoms with van der Waals surface area (Å²) in [5, 5.41) is 2.91. The summed E-state index contributed by atoms with van der Waals surface area (Å²) in [4.78, 5) is 23.7. The number of hydrogen-bond acceptors (Lipinski definition) is 4. The highest BCUT2D eigenvalue weighted by Gasteiger charge is 2.21. The van der Waals surface area contributed by atoms with Gasteiger partial charge in [0.15, 0.2) is 13.2 Å². The first-order valence-electron chi connectivity index (χ1n) is 8.53. The molecule has 6 heteroatoms. The van der Waals surface area contributed by atoms with E-state index in [0.717, 1.165) is 24.8 Å². The number of fused-ring (bicyclic) bond motifs is 1. The first-order valence-corrected chi connectivity index (χ1v) is 8.53. The summed E-state index contributed by atoms with van der Waals surface area (Å²) in [6.45, 7) is -0.699. The number of aryl methyl sites for hydroxylation is 1. The van der Waals surface area contributed by atoms with E-state index in [9.17, 15) is 14.0 Å². The van der Waals surface area contributed by atoms with Crippen LogP contribution in [0.5, 0.6) is 5.75 Å². The summed E-state index contributed by atoms with van der Waals surface area (Å²) in [6.07, 6.45) is 2.88. The van der Waals surface area contributed by atoms with Crippen molar-refractivity contribution in [1.29, 1.82) is 0 Å². The molecule has 1 atom stereocenters. The molecule has 0 aromatic heterocycles. The Bertz CT molecular complexity index is 776. The molecule has 5 nitrogen and oxygen atoms in total. The van der Waals surface area contributed by atoms with Crippen molar-refractivity contribution in [2.75, 3.05) is 13.2 Å². The molecule has 2 aromatic carbocycles. The minimum atomic E-state index is -0.659. The van der Waals surface area contributed by atoms with Gasteiger partial charge in [-0.15, -0.1) is 0 Å². The van der Waals surface area contributed by atoms with Crippen LogP contribution in [0.25, 0.3) is 0 Å². The number of hydrogen-bond donors (Lipinski definition) is 1. The van der Waals surface area contributed by atoms with E-state index in [0.29, 0.717) is 5.75 Å². The van der Waals surface area contributed by atoms with Crippen molar-refractivity contribution in [3.05, 3.63) is 65.5 Å². The molecule has 1 aliphatic carbocycles. The summed E-state index contributed by atoms with van der Waals surface area (Å²) in [5.41, 5.74) is 2.37.